The Balaban J connectivity index is 2.07. The molecular formula is C11H22N2O3S. The average molecular weight is 262 g/mol. The molecule has 5 nitrogen and oxygen atoms in total. The van der Waals surface area contributed by atoms with Crippen LogP contribution in [0.25, 0.3) is 0 Å². The maximum absolute atomic E-state index is 12.4. The largest absolute Gasteiger partial charge is 0.378 e. The predicted octanol–water partition coefficient (Wildman–Crippen LogP) is 0.179. The number of nitrogens with one attached hydrogen (secondary N) is 1. The number of hydrogen-bond acceptors (Lipinski definition) is 4. The van der Waals surface area contributed by atoms with Gasteiger partial charge >= 0.3 is 0 Å². The lowest BCUT2D eigenvalue weighted by Gasteiger charge is -2.41. The van der Waals surface area contributed by atoms with Crippen LogP contribution in [0.4, 0.5) is 0 Å². The second kappa shape index (κ2) is 4.84. The van der Waals surface area contributed by atoms with Crippen LogP contribution < -0.4 is 5.32 Å². The molecule has 1 N–H and O–H groups in total. The van der Waals surface area contributed by atoms with Crippen LogP contribution in [0.5, 0.6) is 0 Å². The summed E-state index contributed by atoms with van der Waals surface area (Å²) >= 11 is 0. The first kappa shape index (κ1) is 13.3. The van der Waals surface area contributed by atoms with E-state index in [9.17, 15) is 8.42 Å². The molecule has 0 aromatic carbocycles. The number of ether oxygens (including phenoxy) is 1. The lowest BCUT2D eigenvalue weighted by Crippen LogP contribution is -2.57. The lowest BCUT2D eigenvalue weighted by molar-refractivity contribution is -0.00775. The third-order valence-electron chi connectivity index (χ3n) is 3.48. The van der Waals surface area contributed by atoms with E-state index in [1.54, 1.807) is 4.31 Å². The smallest absolute Gasteiger partial charge is 0.216 e. The zero-order valence-electron chi connectivity index (χ0n) is 10.6. The van der Waals surface area contributed by atoms with E-state index in [0.29, 0.717) is 19.8 Å². The van der Waals surface area contributed by atoms with Crippen molar-refractivity contribution in [1.82, 2.24) is 9.62 Å². The normalized spacial score (nSPS) is 30.6. The lowest BCUT2D eigenvalue weighted by atomic mass is 10.1. The van der Waals surface area contributed by atoms with Crippen molar-refractivity contribution in [3.05, 3.63) is 0 Å². The van der Waals surface area contributed by atoms with Crippen molar-refractivity contribution in [2.45, 2.75) is 38.3 Å². The minimum Gasteiger partial charge on any atom is -0.378 e. The highest BCUT2D eigenvalue weighted by Crippen LogP contribution is 2.24. The van der Waals surface area contributed by atoms with Gasteiger partial charge < -0.3 is 10.1 Å². The van der Waals surface area contributed by atoms with Crippen LogP contribution in [-0.2, 0) is 14.8 Å². The molecule has 0 aromatic rings. The highest BCUT2D eigenvalue weighted by Gasteiger charge is 2.39. The van der Waals surface area contributed by atoms with Crippen molar-refractivity contribution in [1.29, 1.82) is 0 Å². The van der Waals surface area contributed by atoms with Crippen LogP contribution >= 0.6 is 0 Å². The van der Waals surface area contributed by atoms with E-state index in [1.165, 1.54) is 0 Å². The Bertz CT molecular complexity index is 361. The van der Waals surface area contributed by atoms with Crippen molar-refractivity contribution in [2.75, 3.05) is 32.1 Å². The summed E-state index contributed by atoms with van der Waals surface area (Å²) in [6.07, 6.45) is 2.04. The van der Waals surface area contributed by atoms with E-state index in [-0.39, 0.29) is 11.8 Å². The predicted molar refractivity (Wildman–Crippen MR) is 66.4 cm³/mol. The first-order valence-electron chi connectivity index (χ1n) is 6.23. The van der Waals surface area contributed by atoms with Gasteiger partial charge in [-0.1, -0.05) is 0 Å². The standard InChI is InChI=1S/C11H22N2O3S/c1-11(2)9-16-7-6-13(11)17(14,15)8-10-4-3-5-12-10/h10,12H,3-9H2,1-2H3. The Labute approximate surface area is 104 Å². The number of hydrogen-bond donors (Lipinski definition) is 1. The van der Waals surface area contributed by atoms with Crippen LogP contribution in [0.3, 0.4) is 0 Å². The summed E-state index contributed by atoms with van der Waals surface area (Å²) < 4.78 is 31.7. The van der Waals surface area contributed by atoms with Crippen molar-refractivity contribution in [2.24, 2.45) is 0 Å². The van der Waals surface area contributed by atoms with Gasteiger partial charge in [-0.2, -0.15) is 4.31 Å². The third kappa shape index (κ3) is 2.99. The Morgan fingerprint density at radius 3 is 2.82 bits per heavy atom. The van der Waals surface area contributed by atoms with Gasteiger partial charge in [-0.25, -0.2) is 8.42 Å². The Morgan fingerprint density at radius 2 is 2.24 bits per heavy atom. The van der Waals surface area contributed by atoms with Gasteiger partial charge in [0.2, 0.25) is 10.0 Å². The van der Waals surface area contributed by atoms with Gasteiger partial charge in [0.15, 0.2) is 0 Å². The van der Waals surface area contributed by atoms with Crippen molar-refractivity contribution in [3.63, 3.8) is 0 Å². The fourth-order valence-corrected chi connectivity index (χ4v) is 4.73. The summed E-state index contributed by atoms with van der Waals surface area (Å²) in [6, 6.07) is 0.124. The maximum Gasteiger partial charge on any atom is 0.216 e. The summed E-state index contributed by atoms with van der Waals surface area (Å²) in [6.45, 7) is 6.23. The highest BCUT2D eigenvalue weighted by atomic mass is 32.2. The molecule has 1 unspecified atom stereocenters. The van der Waals surface area contributed by atoms with E-state index in [4.69, 9.17) is 4.74 Å². The van der Waals surface area contributed by atoms with E-state index in [0.717, 1.165) is 19.4 Å². The molecule has 0 amide bonds. The second-order valence-corrected chi connectivity index (χ2v) is 7.45. The van der Waals surface area contributed by atoms with Crippen molar-refractivity contribution < 1.29 is 13.2 Å². The van der Waals surface area contributed by atoms with Gasteiger partial charge in [0.05, 0.1) is 24.5 Å². The van der Waals surface area contributed by atoms with Gasteiger partial charge in [0.25, 0.3) is 0 Å². The number of morpholine rings is 1. The molecule has 2 aliphatic heterocycles. The molecule has 2 aliphatic rings. The summed E-state index contributed by atoms with van der Waals surface area (Å²) in [5.74, 6) is 0.219. The molecular weight excluding hydrogens is 240 g/mol. The van der Waals surface area contributed by atoms with Crippen molar-refractivity contribution in [3.8, 4) is 0 Å². The molecule has 17 heavy (non-hydrogen) atoms. The molecule has 2 saturated heterocycles. The van der Waals surface area contributed by atoms with Crippen LogP contribution in [0, 0.1) is 0 Å². The quantitative estimate of drug-likeness (QED) is 0.788. The minimum atomic E-state index is -3.18. The second-order valence-electron chi connectivity index (χ2n) is 5.51. The summed E-state index contributed by atoms with van der Waals surface area (Å²) in [5.41, 5.74) is -0.421. The van der Waals surface area contributed by atoms with E-state index in [2.05, 4.69) is 5.32 Å². The van der Waals surface area contributed by atoms with E-state index < -0.39 is 15.6 Å². The molecule has 2 rings (SSSR count). The van der Waals surface area contributed by atoms with E-state index in [1.807, 2.05) is 13.8 Å². The molecule has 0 spiro atoms. The van der Waals surface area contributed by atoms with Crippen LogP contribution in [-0.4, -0.2) is 56.4 Å². The minimum absolute atomic E-state index is 0.124. The molecule has 0 radical (unpaired) electrons. The molecule has 0 aliphatic carbocycles. The maximum atomic E-state index is 12.4. The SMILES string of the molecule is CC1(C)COCCN1S(=O)(=O)CC1CCCN1. The highest BCUT2D eigenvalue weighted by molar-refractivity contribution is 7.89. The fourth-order valence-electron chi connectivity index (χ4n) is 2.60. The monoisotopic (exact) mass is 262 g/mol. The van der Waals surface area contributed by atoms with Gasteiger partial charge in [0, 0.05) is 12.6 Å². The van der Waals surface area contributed by atoms with Crippen LogP contribution in [0.15, 0.2) is 0 Å². The Kier molecular flexibility index (Phi) is 3.77. The van der Waals surface area contributed by atoms with Gasteiger partial charge in [-0.3, -0.25) is 0 Å². The summed E-state index contributed by atoms with van der Waals surface area (Å²) in [4.78, 5) is 0. The molecule has 100 valence electrons. The molecule has 1 atom stereocenters. The average Bonchev–Trinajstić information content (AvgIpc) is 2.68. The first-order chi connectivity index (χ1) is 7.92. The third-order valence-corrected chi connectivity index (χ3v) is 5.65. The summed E-state index contributed by atoms with van der Waals surface area (Å²) in [7, 11) is -3.18. The molecule has 0 bridgehead atoms. The fraction of sp³-hybridized carbons (Fsp3) is 1.00. The van der Waals surface area contributed by atoms with Crippen LogP contribution in [0.2, 0.25) is 0 Å². The molecule has 2 fully saturated rings. The van der Waals surface area contributed by atoms with Crippen molar-refractivity contribution >= 4 is 10.0 Å². The molecule has 0 aromatic heterocycles. The number of nitrogens with zero attached hydrogens (tertiary/aromatic N) is 1. The number of sulfonamides is 1. The van der Waals surface area contributed by atoms with Gasteiger partial charge in [-0.05, 0) is 33.2 Å². The Hall–Kier alpha value is -0.170. The van der Waals surface area contributed by atoms with E-state index >= 15 is 0 Å². The molecule has 0 saturated carbocycles. The molecule has 2 heterocycles. The first-order valence-corrected chi connectivity index (χ1v) is 7.84. The Morgan fingerprint density at radius 1 is 1.47 bits per heavy atom. The zero-order valence-corrected chi connectivity index (χ0v) is 11.4. The zero-order chi connectivity index (χ0) is 12.5. The number of rotatable bonds is 3. The summed E-state index contributed by atoms with van der Waals surface area (Å²) in [5, 5.41) is 3.24. The van der Waals surface area contributed by atoms with Gasteiger partial charge in [0.1, 0.15) is 0 Å². The molecule has 6 heteroatoms. The van der Waals surface area contributed by atoms with Crippen LogP contribution in [0.1, 0.15) is 26.7 Å². The topological polar surface area (TPSA) is 58.6 Å². The van der Waals surface area contributed by atoms with Gasteiger partial charge in [-0.15, -0.1) is 0 Å².